The summed E-state index contributed by atoms with van der Waals surface area (Å²) >= 11 is 1.41. The Morgan fingerprint density at radius 3 is 2.41 bits per heavy atom. The van der Waals surface area contributed by atoms with Crippen LogP contribution in [0.25, 0.3) is 0 Å². The van der Waals surface area contributed by atoms with Gasteiger partial charge in [-0.05, 0) is 48.1 Å². The minimum Gasteiger partial charge on any atom is -0.486 e. The number of ether oxygens (including phenoxy) is 1. The number of carbonyl (C=O) groups is 3. The highest BCUT2D eigenvalue weighted by Crippen LogP contribution is 2.39. The zero-order valence-corrected chi connectivity index (χ0v) is 24.3. The molecule has 0 bridgehead atoms. The fraction of sp³-hybridized carbons (Fsp3) is 0.438. The standard InChI is InChI=1S/C32H36N4O4S/c1-22(37)34-15-17-35(18-16-34)32(39)28-21-41-29(33-28)20-40-26-12-11-23-13-14-36(31(38)25-9-5-6-10-25)30(27(23)19-26)24-7-3-2-4-8-24/h2-4,7-8,11-12,19,21,25,30H,5-6,9-10,13-18,20H2,1H3. The Balaban J connectivity index is 1.16. The van der Waals surface area contributed by atoms with Gasteiger partial charge < -0.3 is 19.4 Å². The molecule has 1 unspecified atom stereocenters. The van der Waals surface area contributed by atoms with Gasteiger partial charge in [0.1, 0.15) is 23.1 Å². The largest absolute Gasteiger partial charge is 0.486 e. The molecule has 3 amide bonds. The van der Waals surface area contributed by atoms with Gasteiger partial charge in [-0.3, -0.25) is 14.4 Å². The van der Waals surface area contributed by atoms with Gasteiger partial charge in [-0.2, -0.15) is 0 Å². The highest BCUT2D eigenvalue weighted by molar-refractivity contribution is 7.09. The van der Waals surface area contributed by atoms with Crippen LogP contribution in [0.15, 0.2) is 53.9 Å². The van der Waals surface area contributed by atoms with Crippen molar-refractivity contribution in [2.75, 3.05) is 32.7 Å². The van der Waals surface area contributed by atoms with Crippen LogP contribution in [0.3, 0.4) is 0 Å². The summed E-state index contributed by atoms with van der Waals surface area (Å²) in [5.41, 5.74) is 3.89. The van der Waals surface area contributed by atoms with Gasteiger partial charge in [-0.15, -0.1) is 11.3 Å². The fourth-order valence-corrected chi connectivity index (χ4v) is 7.01. The SMILES string of the molecule is CC(=O)N1CCN(C(=O)c2csc(COc3ccc4c(c3)C(c3ccccc3)N(C(=O)C3CCCC3)CC4)n2)CC1. The van der Waals surface area contributed by atoms with E-state index in [0.29, 0.717) is 31.9 Å². The summed E-state index contributed by atoms with van der Waals surface area (Å²) in [6, 6.07) is 16.3. The third-order valence-corrected chi connectivity index (χ3v) is 9.42. The Kier molecular flexibility index (Phi) is 8.05. The predicted molar refractivity (Wildman–Crippen MR) is 157 cm³/mol. The Bertz CT molecular complexity index is 1410. The van der Waals surface area contributed by atoms with Crippen LogP contribution in [-0.2, 0) is 22.6 Å². The van der Waals surface area contributed by atoms with E-state index in [0.717, 1.165) is 60.5 Å². The average Bonchev–Trinajstić information content (AvgIpc) is 3.72. The zero-order valence-electron chi connectivity index (χ0n) is 23.5. The van der Waals surface area contributed by atoms with Crippen LogP contribution in [-0.4, -0.2) is 70.1 Å². The van der Waals surface area contributed by atoms with Gasteiger partial charge in [-0.25, -0.2) is 4.98 Å². The topological polar surface area (TPSA) is 83.1 Å². The lowest BCUT2D eigenvalue weighted by Crippen LogP contribution is -2.50. The number of fused-ring (bicyclic) bond motifs is 1. The Labute approximate surface area is 244 Å². The second-order valence-electron chi connectivity index (χ2n) is 11.2. The molecule has 0 N–H and O–H groups in total. The van der Waals surface area contributed by atoms with Gasteiger partial charge in [0.05, 0.1) is 6.04 Å². The molecule has 3 heterocycles. The second-order valence-corrected chi connectivity index (χ2v) is 12.1. The molecule has 41 heavy (non-hydrogen) atoms. The highest BCUT2D eigenvalue weighted by Gasteiger charge is 2.36. The molecule has 0 spiro atoms. The zero-order chi connectivity index (χ0) is 28.3. The number of rotatable bonds is 6. The smallest absolute Gasteiger partial charge is 0.273 e. The summed E-state index contributed by atoms with van der Waals surface area (Å²) in [7, 11) is 0. The molecular weight excluding hydrogens is 536 g/mol. The van der Waals surface area contributed by atoms with Crippen LogP contribution in [0.1, 0.15) is 70.8 Å². The van der Waals surface area contributed by atoms with Crippen LogP contribution < -0.4 is 4.74 Å². The van der Waals surface area contributed by atoms with E-state index >= 15 is 0 Å². The van der Waals surface area contributed by atoms with Crippen molar-refractivity contribution in [1.82, 2.24) is 19.7 Å². The number of hydrogen-bond donors (Lipinski definition) is 0. The van der Waals surface area contributed by atoms with Crippen LogP contribution in [0.4, 0.5) is 0 Å². The number of benzene rings is 2. The lowest BCUT2D eigenvalue weighted by atomic mass is 9.87. The molecule has 3 aliphatic rings. The maximum atomic E-state index is 13.6. The molecule has 2 aromatic carbocycles. The molecular formula is C32H36N4O4S. The van der Waals surface area contributed by atoms with Crippen molar-refractivity contribution in [3.63, 3.8) is 0 Å². The minimum absolute atomic E-state index is 0.0376. The second kappa shape index (κ2) is 12.0. The first-order chi connectivity index (χ1) is 20.0. The van der Waals surface area contributed by atoms with Crippen LogP contribution >= 0.6 is 11.3 Å². The number of piperazine rings is 1. The molecule has 2 fully saturated rings. The van der Waals surface area contributed by atoms with E-state index in [4.69, 9.17) is 4.74 Å². The van der Waals surface area contributed by atoms with E-state index in [-0.39, 0.29) is 36.3 Å². The van der Waals surface area contributed by atoms with E-state index in [9.17, 15) is 14.4 Å². The first-order valence-electron chi connectivity index (χ1n) is 14.6. The molecule has 1 saturated carbocycles. The van der Waals surface area contributed by atoms with E-state index in [1.165, 1.54) is 16.9 Å². The van der Waals surface area contributed by atoms with Crippen molar-refractivity contribution in [3.8, 4) is 5.75 Å². The monoisotopic (exact) mass is 572 g/mol. The molecule has 6 rings (SSSR count). The average molecular weight is 573 g/mol. The van der Waals surface area contributed by atoms with E-state index in [1.807, 2.05) is 24.3 Å². The molecule has 1 aromatic heterocycles. The van der Waals surface area contributed by atoms with Crippen LogP contribution in [0, 0.1) is 5.92 Å². The lowest BCUT2D eigenvalue weighted by molar-refractivity contribution is -0.137. The number of carbonyl (C=O) groups excluding carboxylic acids is 3. The molecule has 3 aromatic rings. The van der Waals surface area contributed by atoms with Crippen LogP contribution in [0.2, 0.25) is 0 Å². The van der Waals surface area contributed by atoms with Gasteiger partial charge in [-0.1, -0.05) is 49.2 Å². The molecule has 214 valence electrons. The highest BCUT2D eigenvalue weighted by atomic mass is 32.1. The van der Waals surface area contributed by atoms with E-state index < -0.39 is 0 Å². The number of nitrogens with zero attached hydrogens (tertiary/aromatic N) is 4. The maximum absolute atomic E-state index is 13.6. The number of aromatic nitrogens is 1. The summed E-state index contributed by atoms with van der Waals surface area (Å²) in [5.74, 6) is 1.05. The number of amides is 3. The maximum Gasteiger partial charge on any atom is 0.273 e. The van der Waals surface area contributed by atoms with E-state index in [1.54, 1.807) is 22.1 Å². The van der Waals surface area contributed by atoms with Gasteiger partial charge in [0, 0.05) is 50.9 Å². The molecule has 2 aliphatic heterocycles. The molecule has 8 nitrogen and oxygen atoms in total. The third-order valence-electron chi connectivity index (χ3n) is 8.59. The van der Waals surface area contributed by atoms with Gasteiger partial charge in [0.25, 0.3) is 5.91 Å². The molecule has 1 atom stereocenters. The number of hydrogen-bond acceptors (Lipinski definition) is 6. The number of thiazole rings is 1. The third kappa shape index (κ3) is 5.86. The predicted octanol–water partition coefficient (Wildman–Crippen LogP) is 4.69. The summed E-state index contributed by atoms with van der Waals surface area (Å²) in [6.07, 6.45) is 5.07. The van der Waals surface area contributed by atoms with Crippen molar-refractivity contribution in [2.24, 2.45) is 5.92 Å². The quantitative estimate of drug-likeness (QED) is 0.428. The molecule has 0 radical (unpaired) electrons. The Morgan fingerprint density at radius 1 is 0.951 bits per heavy atom. The lowest BCUT2D eigenvalue weighted by Gasteiger charge is -2.39. The minimum atomic E-state index is -0.135. The van der Waals surface area contributed by atoms with Gasteiger partial charge in [0.2, 0.25) is 11.8 Å². The fourth-order valence-electron chi connectivity index (χ4n) is 6.33. The van der Waals surface area contributed by atoms with Gasteiger partial charge >= 0.3 is 0 Å². The Morgan fingerprint density at radius 2 is 1.68 bits per heavy atom. The molecule has 1 saturated heterocycles. The summed E-state index contributed by atoms with van der Waals surface area (Å²) < 4.78 is 6.19. The van der Waals surface area contributed by atoms with Crippen LogP contribution in [0.5, 0.6) is 5.75 Å². The first-order valence-corrected chi connectivity index (χ1v) is 15.5. The summed E-state index contributed by atoms with van der Waals surface area (Å²) in [6.45, 7) is 4.66. The summed E-state index contributed by atoms with van der Waals surface area (Å²) in [5, 5.41) is 2.51. The van der Waals surface area contributed by atoms with Crippen molar-refractivity contribution in [1.29, 1.82) is 0 Å². The first kappa shape index (κ1) is 27.4. The molecule has 1 aliphatic carbocycles. The van der Waals surface area contributed by atoms with Gasteiger partial charge in [0.15, 0.2) is 0 Å². The Hall–Kier alpha value is -3.72. The van der Waals surface area contributed by atoms with E-state index in [2.05, 4.69) is 34.1 Å². The van der Waals surface area contributed by atoms with Crippen molar-refractivity contribution in [3.05, 3.63) is 81.3 Å². The van der Waals surface area contributed by atoms with Crippen molar-refractivity contribution < 1.29 is 19.1 Å². The normalized spacial score (nSPS) is 19.2. The van der Waals surface area contributed by atoms with Crippen molar-refractivity contribution >= 4 is 29.1 Å². The van der Waals surface area contributed by atoms with Crippen molar-refractivity contribution in [2.45, 2.75) is 51.7 Å². The molecule has 9 heteroatoms. The summed E-state index contributed by atoms with van der Waals surface area (Å²) in [4.78, 5) is 48.4.